The number of nitrogens with zero attached hydrogens (tertiary/aromatic N) is 1. The monoisotopic (exact) mass is 374 g/mol. The number of amides is 3. The van der Waals surface area contributed by atoms with Crippen LogP contribution in [-0.4, -0.2) is 35.1 Å². The van der Waals surface area contributed by atoms with Gasteiger partial charge in [0.25, 0.3) is 17.1 Å². The van der Waals surface area contributed by atoms with E-state index in [1.165, 1.54) is 24.2 Å². The summed E-state index contributed by atoms with van der Waals surface area (Å²) < 4.78 is 5.20. The quantitative estimate of drug-likeness (QED) is 0.773. The fraction of sp³-hybridized carbons (Fsp3) is 0.421. The highest BCUT2D eigenvalue weighted by Crippen LogP contribution is 2.34. The number of primary amides is 1. The number of imide groups is 1. The van der Waals surface area contributed by atoms with Gasteiger partial charge in [0, 0.05) is 6.54 Å². The highest BCUT2D eigenvalue weighted by Gasteiger charge is 2.36. The Morgan fingerprint density at radius 1 is 1.19 bits per heavy atom. The topological polar surface area (TPSA) is 89.7 Å². The molecule has 1 aromatic rings. The number of benzene rings is 1. The summed E-state index contributed by atoms with van der Waals surface area (Å²) in [4.78, 5) is 37.4. The van der Waals surface area contributed by atoms with Gasteiger partial charge in [-0.3, -0.25) is 19.3 Å². The van der Waals surface area contributed by atoms with Gasteiger partial charge < -0.3 is 10.5 Å². The summed E-state index contributed by atoms with van der Waals surface area (Å²) >= 11 is 0.990. The molecule has 1 aliphatic carbocycles. The van der Waals surface area contributed by atoms with Gasteiger partial charge in [-0.25, -0.2) is 0 Å². The van der Waals surface area contributed by atoms with E-state index in [-0.39, 0.29) is 17.8 Å². The molecule has 0 bridgehead atoms. The third-order valence-electron chi connectivity index (χ3n) is 4.60. The van der Waals surface area contributed by atoms with Crippen LogP contribution in [0.5, 0.6) is 5.75 Å². The second-order valence-corrected chi connectivity index (χ2v) is 7.61. The minimum Gasteiger partial charge on any atom is -0.484 e. The molecule has 2 N–H and O–H groups in total. The van der Waals surface area contributed by atoms with Crippen LogP contribution in [0, 0.1) is 5.92 Å². The maximum atomic E-state index is 12.6. The van der Waals surface area contributed by atoms with E-state index in [1.807, 2.05) is 0 Å². The van der Waals surface area contributed by atoms with E-state index in [4.69, 9.17) is 10.5 Å². The third kappa shape index (κ3) is 4.66. The summed E-state index contributed by atoms with van der Waals surface area (Å²) in [6, 6.07) is 6.93. The first-order valence-corrected chi connectivity index (χ1v) is 9.61. The van der Waals surface area contributed by atoms with Crippen LogP contribution in [-0.2, 0) is 9.59 Å². The van der Waals surface area contributed by atoms with Crippen LogP contribution in [0.2, 0.25) is 0 Å². The molecular formula is C19H22N2O4S. The smallest absolute Gasteiger partial charge is 0.293 e. The van der Waals surface area contributed by atoms with Gasteiger partial charge in [0.05, 0.1) is 4.91 Å². The Hall–Kier alpha value is -2.28. The molecule has 2 fully saturated rings. The van der Waals surface area contributed by atoms with Gasteiger partial charge in [-0.05, 0) is 54.3 Å². The number of carbonyl (C=O) groups is 3. The predicted octanol–water partition coefficient (Wildman–Crippen LogP) is 3.17. The van der Waals surface area contributed by atoms with E-state index in [0.717, 1.165) is 30.2 Å². The summed E-state index contributed by atoms with van der Waals surface area (Å²) in [5.41, 5.74) is 5.83. The fourth-order valence-electron chi connectivity index (χ4n) is 3.25. The van der Waals surface area contributed by atoms with Crippen molar-refractivity contribution < 1.29 is 19.1 Å². The second-order valence-electron chi connectivity index (χ2n) is 6.62. The number of carbonyl (C=O) groups excluding carboxylic acids is 3. The van der Waals surface area contributed by atoms with Crippen molar-refractivity contribution in [3.63, 3.8) is 0 Å². The largest absolute Gasteiger partial charge is 0.484 e. The molecule has 6 nitrogen and oxygen atoms in total. The molecule has 138 valence electrons. The summed E-state index contributed by atoms with van der Waals surface area (Å²) in [6.07, 6.45) is 7.50. The van der Waals surface area contributed by atoms with Gasteiger partial charge in [-0.2, -0.15) is 0 Å². The fourth-order valence-corrected chi connectivity index (χ4v) is 4.10. The first-order chi connectivity index (χ1) is 12.5. The molecule has 1 saturated carbocycles. The Labute approximate surface area is 156 Å². The first kappa shape index (κ1) is 18.5. The average molecular weight is 374 g/mol. The van der Waals surface area contributed by atoms with Crippen molar-refractivity contribution >= 4 is 34.9 Å². The van der Waals surface area contributed by atoms with Crippen LogP contribution in [0.3, 0.4) is 0 Å². The normalized spacial score (nSPS) is 20.0. The van der Waals surface area contributed by atoms with Crippen LogP contribution < -0.4 is 10.5 Å². The number of hydrogen-bond acceptors (Lipinski definition) is 5. The van der Waals surface area contributed by atoms with E-state index in [0.29, 0.717) is 23.1 Å². The van der Waals surface area contributed by atoms with Crippen molar-refractivity contribution in [1.82, 2.24) is 4.90 Å². The SMILES string of the molecule is NC(=O)COc1ccc(/C=C2/SC(=O)N(CC3CCCCC3)C2=O)cc1. The van der Waals surface area contributed by atoms with Crippen molar-refractivity contribution in [3.8, 4) is 5.75 Å². The van der Waals surface area contributed by atoms with Crippen LogP contribution in [0.4, 0.5) is 4.79 Å². The van der Waals surface area contributed by atoms with E-state index < -0.39 is 5.91 Å². The minimum atomic E-state index is -0.541. The van der Waals surface area contributed by atoms with Gasteiger partial charge in [0.2, 0.25) is 0 Å². The van der Waals surface area contributed by atoms with Crippen LogP contribution in [0.25, 0.3) is 6.08 Å². The van der Waals surface area contributed by atoms with E-state index in [2.05, 4.69) is 0 Å². The zero-order chi connectivity index (χ0) is 18.5. The Morgan fingerprint density at radius 2 is 1.88 bits per heavy atom. The molecule has 0 aromatic heterocycles. The zero-order valence-corrected chi connectivity index (χ0v) is 15.3. The summed E-state index contributed by atoms with van der Waals surface area (Å²) in [5, 5.41) is -0.187. The van der Waals surface area contributed by atoms with Gasteiger partial charge >= 0.3 is 0 Å². The predicted molar refractivity (Wildman–Crippen MR) is 100 cm³/mol. The van der Waals surface area contributed by atoms with E-state index >= 15 is 0 Å². The average Bonchev–Trinajstić information content (AvgIpc) is 2.89. The lowest BCUT2D eigenvalue weighted by molar-refractivity contribution is -0.123. The van der Waals surface area contributed by atoms with Gasteiger partial charge in [0.1, 0.15) is 5.75 Å². The minimum absolute atomic E-state index is 0.181. The number of rotatable bonds is 6. The molecule has 1 heterocycles. The highest BCUT2D eigenvalue weighted by molar-refractivity contribution is 8.18. The molecule has 7 heteroatoms. The van der Waals surface area contributed by atoms with Crippen molar-refractivity contribution in [2.24, 2.45) is 11.7 Å². The molecule has 0 spiro atoms. The maximum absolute atomic E-state index is 12.6. The molecule has 3 rings (SSSR count). The number of ether oxygens (including phenoxy) is 1. The lowest BCUT2D eigenvalue weighted by atomic mass is 9.89. The number of nitrogens with two attached hydrogens (primary N) is 1. The van der Waals surface area contributed by atoms with E-state index in [9.17, 15) is 14.4 Å². The Bertz CT molecular complexity index is 724. The zero-order valence-electron chi connectivity index (χ0n) is 14.5. The number of thioether (sulfide) groups is 1. The van der Waals surface area contributed by atoms with Crippen molar-refractivity contribution in [2.75, 3.05) is 13.2 Å². The lowest BCUT2D eigenvalue weighted by Gasteiger charge is -2.25. The number of hydrogen-bond donors (Lipinski definition) is 1. The Kier molecular flexibility index (Phi) is 5.98. The molecule has 0 radical (unpaired) electrons. The molecule has 2 aliphatic rings. The van der Waals surface area contributed by atoms with Crippen LogP contribution in [0.15, 0.2) is 29.2 Å². The molecule has 0 atom stereocenters. The maximum Gasteiger partial charge on any atom is 0.293 e. The van der Waals surface area contributed by atoms with Gasteiger partial charge in [-0.1, -0.05) is 31.4 Å². The summed E-state index contributed by atoms with van der Waals surface area (Å²) in [6.45, 7) is 0.349. The summed E-state index contributed by atoms with van der Waals surface area (Å²) in [5.74, 6) is 0.199. The molecule has 26 heavy (non-hydrogen) atoms. The molecular weight excluding hydrogens is 352 g/mol. The van der Waals surface area contributed by atoms with Gasteiger partial charge in [0.15, 0.2) is 6.61 Å². The Balaban J connectivity index is 1.64. The molecule has 1 saturated heterocycles. The van der Waals surface area contributed by atoms with Crippen molar-refractivity contribution in [3.05, 3.63) is 34.7 Å². The highest BCUT2D eigenvalue weighted by atomic mass is 32.2. The van der Waals surface area contributed by atoms with E-state index in [1.54, 1.807) is 30.3 Å². The van der Waals surface area contributed by atoms with Crippen LogP contribution in [0.1, 0.15) is 37.7 Å². The summed E-state index contributed by atoms with van der Waals surface area (Å²) in [7, 11) is 0. The Morgan fingerprint density at radius 3 is 2.54 bits per heavy atom. The molecule has 1 aromatic carbocycles. The van der Waals surface area contributed by atoms with Crippen LogP contribution >= 0.6 is 11.8 Å². The molecule has 3 amide bonds. The third-order valence-corrected chi connectivity index (χ3v) is 5.51. The second kappa shape index (κ2) is 8.40. The lowest BCUT2D eigenvalue weighted by Crippen LogP contribution is -2.34. The van der Waals surface area contributed by atoms with Gasteiger partial charge in [-0.15, -0.1) is 0 Å². The first-order valence-electron chi connectivity index (χ1n) is 8.79. The molecule has 0 unspecified atom stereocenters. The molecule has 1 aliphatic heterocycles. The standard InChI is InChI=1S/C19H22N2O4S/c20-17(22)12-25-15-8-6-13(7-9-15)10-16-18(23)21(19(24)26-16)11-14-4-2-1-3-5-14/h6-10,14H,1-5,11-12H2,(H2,20,22)/b16-10+. The van der Waals surface area contributed by atoms with Crippen molar-refractivity contribution in [2.45, 2.75) is 32.1 Å². The van der Waals surface area contributed by atoms with Crippen molar-refractivity contribution in [1.29, 1.82) is 0 Å².